The molecular weight excluding hydrogens is 332 g/mol. The fraction of sp³-hybridized carbons (Fsp3) is 0.421. The number of nitrogens with two attached hydrogens (primary N) is 1. The van der Waals surface area contributed by atoms with Gasteiger partial charge in [-0.2, -0.15) is 0 Å². The van der Waals surface area contributed by atoms with E-state index in [2.05, 4.69) is 16.0 Å². The molecule has 0 radical (unpaired) electrons. The summed E-state index contributed by atoms with van der Waals surface area (Å²) in [5.41, 5.74) is 8.16. The summed E-state index contributed by atoms with van der Waals surface area (Å²) >= 11 is 0. The Kier molecular flexibility index (Phi) is 3.40. The molecule has 2 aliphatic heterocycles. The number of amidine groups is 1. The van der Waals surface area contributed by atoms with Crippen LogP contribution in [-0.4, -0.2) is 39.9 Å². The van der Waals surface area contributed by atoms with Crippen molar-refractivity contribution in [2.24, 2.45) is 16.6 Å². The van der Waals surface area contributed by atoms with Crippen LogP contribution in [0.25, 0.3) is 11.1 Å². The second-order valence-corrected chi connectivity index (χ2v) is 7.23. The standard InChI is InChI=1S/C19H20N4O3/c20-18-23-19(9-25-18)14-5-11(12-7-21-10-22-8-12)1-3-16(14)26-17-4-2-13(24)6-15(17)19/h1,3,5,7-8,10,13,15,17,24H,2,4,6,9H2,(H2,20,23)/t13?,15-,17?,19?/m1/s1. The molecule has 7 heteroatoms. The summed E-state index contributed by atoms with van der Waals surface area (Å²) in [7, 11) is 0. The van der Waals surface area contributed by atoms with Crippen LogP contribution in [0.2, 0.25) is 0 Å². The first-order valence-electron chi connectivity index (χ1n) is 8.88. The van der Waals surface area contributed by atoms with Crippen molar-refractivity contribution in [2.45, 2.75) is 37.0 Å². The molecule has 1 aromatic carbocycles. The van der Waals surface area contributed by atoms with Crippen LogP contribution in [0, 0.1) is 5.92 Å². The summed E-state index contributed by atoms with van der Waals surface area (Å²) in [5, 5.41) is 10.2. The zero-order valence-electron chi connectivity index (χ0n) is 14.2. The van der Waals surface area contributed by atoms with E-state index in [0.717, 1.165) is 35.3 Å². The molecule has 2 aromatic rings. The number of fused-ring (bicyclic) bond motifs is 4. The van der Waals surface area contributed by atoms with Crippen molar-refractivity contribution in [3.8, 4) is 16.9 Å². The van der Waals surface area contributed by atoms with E-state index >= 15 is 0 Å². The van der Waals surface area contributed by atoms with Gasteiger partial charge in [0.1, 0.15) is 30.3 Å². The minimum absolute atomic E-state index is 0.00931. The molecule has 0 saturated heterocycles. The monoisotopic (exact) mass is 352 g/mol. The number of ether oxygens (including phenoxy) is 2. The number of benzene rings is 1. The molecule has 0 amide bonds. The second-order valence-electron chi connectivity index (χ2n) is 7.23. The number of aromatic nitrogens is 2. The van der Waals surface area contributed by atoms with Crippen molar-refractivity contribution < 1.29 is 14.6 Å². The van der Waals surface area contributed by atoms with Crippen molar-refractivity contribution in [3.63, 3.8) is 0 Å². The molecule has 1 fully saturated rings. The van der Waals surface area contributed by atoms with Gasteiger partial charge in [-0.15, -0.1) is 0 Å². The smallest absolute Gasteiger partial charge is 0.283 e. The van der Waals surface area contributed by atoms with Crippen molar-refractivity contribution >= 4 is 6.02 Å². The number of aliphatic imine (C=N–C) groups is 1. The highest BCUT2D eigenvalue weighted by Gasteiger charge is 2.55. The maximum Gasteiger partial charge on any atom is 0.283 e. The van der Waals surface area contributed by atoms with Gasteiger partial charge in [0.2, 0.25) is 0 Å². The Hall–Kier alpha value is -2.67. The first-order chi connectivity index (χ1) is 12.7. The van der Waals surface area contributed by atoms with Gasteiger partial charge in [-0.1, -0.05) is 6.07 Å². The zero-order valence-corrected chi connectivity index (χ0v) is 14.2. The SMILES string of the molecule is NC1=NC2(CO1)c1cc(-c3cncnc3)ccc1OC1CCC(O)C[C@H]12. The Labute approximate surface area is 150 Å². The highest BCUT2D eigenvalue weighted by atomic mass is 16.5. The van der Waals surface area contributed by atoms with Gasteiger partial charge in [-0.25, -0.2) is 15.0 Å². The predicted octanol–water partition coefficient (Wildman–Crippen LogP) is 1.61. The van der Waals surface area contributed by atoms with Gasteiger partial charge in [-0.3, -0.25) is 0 Å². The number of aliphatic hydroxyl groups excluding tert-OH is 1. The van der Waals surface area contributed by atoms with E-state index in [1.807, 2.05) is 12.1 Å². The molecule has 3 aliphatic rings. The maximum atomic E-state index is 10.2. The molecule has 1 spiro atoms. The van der Waals surface area contributed by atoms with E-state index in [4.69, 9.17) is 20.2 Å². The number of aliphatic hydroxyl groups is 1. The van der Waals surface area contributed by atoms with Crippen molar-refractivity contribution in [3.05, 3.63) is 42.5 Å². The van der Waals surface area contributed by atoms with Crippen LogP contribution in [0.4, 0.5) is 0 Å². The van der Waals surface area contributed by atoms with Crippen LogP contribution in [0.3, 0.4) is 0 Å². The highest BCUT2D eigenvalue weighted by Crippen LogP contribution is 2.52. The molecule has 3 heterocycles. The van der Waals surface area contributed by atoms with E-state index in [1.54, 1.807) is 12.4 Å². The van der Waals surface area contributed by atoms with Crippen LogP contribution < -0.4 is 10.5 Å². The molecule has 1 aliphatic carbocycles. The third-order valence-electron chi connectivity index (χ3n) is 5.74. The quantitative estimate of drug-likeness (QED) is 0.808. The second kappa shape index (κ2) is 5.67. The van der Waals surface area contributed by atoms with Crippen molar-refractivity contribution in [1.29, 1.82) is 0 Å². The Morgan fingerprint density at radius 3 is 2.77 bits per heavy atom. The molecular formula is C19H20N4O3. The molecule has 134 valence electrons. The number of rotatable bonds is 1. The zero-order chi connectivity index (χ0) is 17.7. The van der Waals surface area contributed by atoms with Crippen LogP contribution in [0.15, 0.2) is 41.9 Å². The molecule has 3 N–H and O–H groups in total. The fourth-order valence-electron chi connectivity index (χ4n) is 4.50. The minimum atomic E-state index is -0.616. The number of nitrogens with zero attached hydrogens (tertiary/aromatic N) is 3. The van der Waals surface area contributed by atoms with Gasteiger partial charge in [0.05, 0.1) is 6.10 Å². The average Bonchev–Trinajstić information content (AvgIpc) is 3.06. The average molecular weight is 352 g/mol. The maximum absolute atomic E-state index is 10.2. The van der Waals surface area contributed by atoms with E-state index in [9.17, 15) is 5.11 Å². The lowest BCUT2D eigenvalue weighted by Gasteiger charge is -2.47. The van der Waals surface area contributed by atoms with Crippen LogP contribution >= 0.6 is 0 Å². The Bertz CT molecular complexity index is 872. The van der Waals surface area contributed by atoms with Gasteiger partial charge in [0, 0.05) is 29.4 Å². The normalized spacial score (nSPS) is 32.2. The van der Waals surface area contributed by atoms with E-state index in [1.165, 1.54) is 6.33 Å². The molecule has 4 atom stereocenters. The molecule has 26 heavy (non-hydrogen) atoms. The Balaban J connectivity index is 1.67. The van der Waals surface area contributed by atoms with E-state index < -0.39 is 5.54 Å². The Morgan fingerprint density at radius 1 is 1.15 bits per heavy atom. The largest absolute Gasteiger partial charge is 0.490 e. The lowest BCUT2D eigenvalue weighted by molar-refractivity contribution is -0.0359. The first kappa shape index (κ1) is 15.6. The summed E-state index contributed by atoms with van der Waals surface area (Å²) < 4.78 is 11.9. The van der Waals surface area contributed by atoms with Crippen molar-refractivity contribution in [2.75, 3.05) is 6.61 Å². The van der Waals surface area contributed by atoms with Gasteiger partial charge < -0.3 is 20.3 Å². The molecule has 5 rings (SSSR count). The molecule has 1 saturated carbocycles. The summed E-state index contributed by atoms with van der Waals surface area (Å²) in [5.74, 6) is 0.840. The first-order valence-corrected chi connectivity index (χ1v) is 8.88. The van der Waals surface area contributed by atoms with E-state index in [0.29, 0.717) is 13.0 Å². The van der Waals surface area contributed by atoms with Crippen molar-refractivity contribution in [1.82, 2.24) is 9.97 Å². The number of hydrogen-bond donors (Lipinski definition) is 2. The summed E-state index contributed by atoms with van der Waals surface area (Å²) in [4.78, 5) is 12.9. The lowest BCUT2D eigenvalue weighted by Crippen LogP contribution is -2.51. The summed E-state index contributed by atoms with van der Waals surface area (Å²) in [6.07, 6.45) is 6.90. The molecule has 1 aromatic heterocycles. The van der Waals surface area contributed by atoms with Gasteiger partial charge >= 0.3 is 0 Å². The third-order valence-corrected chi connectivity index (χ3v) is 5.74. The van der Waals surface area contributed by atoms with Crippen LogP contribution in [0.5, 0.6) is 5.75 Å². The Morgan fingerprint density at radius 2 is 2.00 bits per heavy atom. The van der Waals surface area contributed by atoms with Crippen LogP contribution in [-0.2, 0) is 10.3 Å². The van der Waals surface area contributed by atoms with Gasteiger partial charge in [0.25, 0.3) is 6.02 Å². The van der Waals surface area contributed by atoms with E-state index in [-0.39, 0.29) is 24.1 Å². The highest BCUT2D eigenvalue weighted by molar-refractivity contribution is 5.75. The van der Waals surface area contributed by atoms with Gasteiger partial charge in [-0.05, 0) is 37.0 Å². The third kappa shape index (κ3) is 2.27. The molecule has 3 unspecified atom stereocenters. The molecule has 7 nitrogen and oxygen atoms in total. The molecule has 0 bridgehead atoms. The topological polar surface area (TPSA) is 103 Å². The number of hydrogen-bond acceptors (Lipinski definition) is 7. The van der Waals surface area contributed by atoms with Gasteiger partial charge in [0.15, 0.2) is 0 Å². The van der Waals surface area contributed by atoms with Crippen LogP contribution in [0.1, 0.15) is 24.8 Å². The minimum Gasteiger partial charge on any atom is -0.490 e. The summed E-state index contributed by atoms with van der Waals surface area (Å²) in [6.45, 7) is 0.373. The summed E-state index contributed by atoms with van der Waals surface area (Å²) in [6, 6.07) is 6.25. The fourth-order valence-corrected chi connectivity index (χ4v) is 4.50. The predicted molar refractivity (Wildman–Crippen MR) is 94.5 cm³/mol. The lowest BCUT2D eigenvalue weighted by atomic mass is 9.67.